The number of benzene rings is 1. The van der Waals surface area contributed by atoms with Gasteiger partial charge in [-0.15, -0.1) is 0 Å². The van der Waals surface area contributed by atoms with Gasteiger partial charge in [-0.3, -0.25) is 9.36 Å². The summed E-state index contributed by atoms with van der Waals surface area (Å²) < 4.78 is 6.92. The van der Waals surface area contributed by atoms with Crippen molar-refractivity contribution in [3.63, 3.8) is 0 Å². The zero-order valence-corrected chi connectivity index (χ0v) is 13.6. The molecule has 6 nitrogen and oxygen atoms in total. The molecule has 1 aliphatic rings. The van der Waals surface area contributed by atoms with Crippen molar-refractivity contribution >= 4 is 0 Å². The minimum Gasteiger partial charge on any atom is -0.484 e. The highest BCUT2D eigenvalue weighted by Crippen LogP contribution is 2.50. The maximum Gasteiger partial charge on any atom is 0.253 e. The minimum absolute atomic E-state index is 0.166. The predicted octanol–water partition coefficient (Wildman–Crippen LogP) is 1.34. The fourth-order valence-corrected chi connectivity index (χ4v) is 3.08. The largest absolute Gasteiger partial charge is 0.484 e. The average molecular weight is 326 g/mol. The maximum atomic E-state index is 12.4. The second-order valence-corrected chi connectivity index (χ2v) is 6.59. The first-order valence-corrected chi connectivity index (χ1v) is 7.52. The SMILES string of the molecule is CC1(C)Oc2ccc(C#N)cc2C(O)(n2ccccc2=O)C1(C)O. The van der Waals surface area contributed by atoms with Crippen LogP contribution < -0.4 is 10.3 Å². The second-order valence-electron chi connectivity index (χ2n) is 6.59. The van der Waals surface area contributed by atoms with Gasteiger partial charge in [-0.25, -0.2) is 0 Å². The number of aromatic nitrogens is 1. The smallest absolute Gasteiger partial charge is 0.253 e. The molecule has 2 atom stereocenters. The Morgan fingerprint density at radius 2 is 1.88 bits per heavy atom. The van der Waals surface area contributed by atoms with Crippen LogP contribution in [-0.4, -0.2) is 26.0 Å². The first kappa shape index (κ1) is 16.2. The number of nitriles is 1. The van der Waals surface area contributed by atoms with Crippen molar-refractivity contribution in [1.29, 1.82) is 5.26 Å². The van der Waals surface area contributed by atoms with Crippen molar-refractivity contribution in [1.82, 2.24) is 4.57 Å². The van der Waals surface area contributed by atoms with Gasteiger partial charge in [-0.05, 0) is 45.0 Å². The third-order valence-corrected chi connectivity index (χ3v) is 4.87. The van der Waals surface area contributed by atoms with E-state index in [2.05, 4.69) is 0 Å². The zero-order chi connectivity index (χ0) is 17.8. The Bertz CT molecular complexity index is 908. The molecule has 3 rings (SSSR count). The van der Waals surface area contributed by atoms with Crippen LogP contribution in [0.25, 0.3) is 0 Å². The highest BCUT2D eigenvalue weighted by molar-refractivity contribution is 5.49. The second kappa shape index (κ2) is 4.94. The molecule has 6 heteroatoms. The Labute approximate surface area is 139 Å². The van der Waals surface area contributed by atoms with Gasteiger partial charge in [0.1, 0.15) is 11.4 Å². The molecule has 0 amide bonds. The topological polar surface area (TPSA) is 95.5 Å². The monoisotopic (exact) mass is 326 g/mol. The minimum atomic E-state index is -2.10. The maximum absolute atomic E-state index is 12.4. The van der Waals surface area contributed by atoms with E-state index in [9.17, 15) is 15.0 Å². The van der Waals surface area contributed by atoms with Gasteiger partial charge in [-0.1, -0.05) is 6.07 Å². The van der Waals surface area contributed by atoms with Gasteiger partial charge in [-0.2, -0.15) is 5.26 Å². The third-order valence-electron chi connectivity index (χ3n) is 4.87. The summed E-state index contributed by atoms with van der Waals surface area (Å²) in [6, 6.07) is 11.0. The molecule has 1 aromatic carbocycles. The van der Waals surface area contributed by atoms with E-state index in [4.69, 9.17) is 10.00 Å². The summed E-state index contributed by atoms with van der Waals surface area (Å²) >= 11 is 0. The summed E-state index contributed by atoms with van der Waals surface area (Å²) in [7, 11) is 0. The Hall–Kier alpha value is -2.62. The van der Waals surface area contributed by atoms with E-state index < -0.39 is 22.5 Å². The van der Waals surface area contributed by atoms with Crippen LogP contribution in [0.1, 0.15) is 31.9 Å². The molecule has 0 spiro atoms. The number of rotatable bonds is 1. The molecule has 0 fully saturated rings. The number of ether oxygens (including phenoxy) is 1. The van der Waals surface area contributed by atoms with E-state index in [0.29, 0.717) is 5.75 Å². The lowest BCUT2D eigenvalue weighted by Crippen LogP contribution is -2.70. The lowest BCUT2D eigenvalue weighted by atomic mass is 9.72. The highest BCUT2D eigenvalue weighted by Gasteiger charge is 2.63. The average Bonchev–Trinajstić information content (AvgIpc) is 2.53. The van der Waals surface area contributed by atoms with E-state index in [0.717, 1.165) is 4.57 Å². The summed E-state index contributed by atoms with van der Waals surface area (Å²) in [5.41, 5.74) is -5.18. The van der Waals surface area contributed by atoms with Crippen LogP contribution in [0.2, 0.25) is 0 Å². The van der Waals surface area contributed by atoms with Gasteiger partial charge in [0.15, 0.2) is 5.60 Å². The van der Waals surface area contributed by atoms with Crippen LogP contribution in [0, 0.1) is 11.3 Å². The van der Waals surface area contributed by atoms with Crippen molar-refractivity contribution in [2.75, 3.05) is 0 Å². The molecular formula is C18H18N2O4. The Kier molecular flexibility index (Phi) is 3.34. The highest BCUT2D eigenvalue weighted by atomic mass is 16.5. The standard InChI is InChI=1S/C18H18N2O4/c1-16(2)17(3,22)18(23,20-9-5-4-6-15(20)21)13-10-12(11-19)7-8-14(13)24-16/h4-10,22-23H,1-3H3. The molecule has 2 N–H and O–H groups in total. The van der Waals surface area contributed by atoms with E-state index >= 15 is 0 Å². The molecule has 2 aromatic rings. The van der Waals surface area contributed by atoms with E-state index in [1.807, 2.05) is 6.07 Å². The number of hydrogen-bond donors (Lipinski definition) is 2. The molecule has 2 unspecified atom stereocenters. The Morgan fingerprint density at radius 3 is 2.50 bits per heavy atom. The quantitative estimate of drug-likeness (QED) is 0.824. The van der Waals surface area contributed by atoms with Crippen LogP contribution in [0.3, 0.4) is 0 Å². The van der Waals surface area contributed by atoms with Crippen LogP contribution >= 0.6 is 0 Å². The van der Waals surface area contributed by atoms with E-state index in [-0.39, 0.29) is 11.1 Å². The van der Waals surface area contributed by atoms with Gasteiger partial charge in [0.25, 0.3) is 5.56 Å². The van der Waals surface area contributed by atoms with Crippen molar-refractivity contribution in [3.05, 3.63) is 64.1 Å². The zero-order valence-electron chi connectivity index (χ0n) is 13.6. The van der Waals surface area contributed by atoms with Crippen molar-refractivity contribution in [2.24, 2.45) is 0 Å². The van der Waals surface area contributed by atoms with Crippen molar-refractivity contribution < 1.29 is 14.9 Å². The van der Waals surface area contributed by atoms with Crippen LogP contribution in [0.15, 0.2) is 47.4 Å². The fourth-order valence-electron chi connectivity index (χ4n) is 3.08. The predicted molar refractivity (Wildman–Crippen MR) is 86.5 cm³/mol. The fraction of sp³-hybridized carbons (Fsp3) is 0.333. The number of hydrogen-bond acceptors (Lipinski definition) is 5. The van der Waals surface area contributed by atoms with Crippen LogP contribution in [-0.2, 0) is 5.72 Å². The molecule has 0 saturated carbocycles. The summed E-state index contributed by atoms with van der Waals surface area (Å²) in [4.78, 5) is 12.4. The third kappa shape index (κ3) is 1.92. The van der Waals surface area contributed by atoms with E-state index in [1.165, 1.54) is 25.3 Å². The molecule has 1 aromatic heterocycles. The Morgan fingerprint density at radius 1 is 1.17 bits per heavy atom. The molecule has 2 heterocycles. The summed E-state index contributed by atoms with van der Waals surface area (Å²) in [6.07, 6.45) is 1.40. The molecule has 124 valence electrons. The molecule has 0 saturated heterocycles. The first-order valence-electron chi connectivity index (χ1n) is 7.52. The lowest BCUT2D eigenvalue weighted by molar-refractivity contribution is -0.250. The molecule has 24 heavy (non-hydrogen) atoms. The number of aliphatic hydroxyl groups is 2. The van der Waals surface area contributed by atoms with Gasteiger partial charge < -0.3 is 14.9 Å². The number of fused-ring (bicyclic) bond motifs is 1. The molecular weight excluding hydrogens is 308 g/mol. The summed E-state index contributed by atoms with van der Waals surface area (Å²) in [5, 5.41) is 31.9. The number of nitrogens with zero attached hydrogens (tertiary/aromatic N) is 2. The van der Waals surface area contributed by atoms with Gasteiger partial charge in [0.05, 0.1) is 17.2 Å². The normalized spacial score (nSPS) is 27.7. The molecule has 0 aliphatic carbocycles. The number of pyridine rings is 1. The summed E-state index contributed by atoms with van der Waals surface area (Å²) in [5.74, 6) is 0.309. The summed E-state index contributed by atoms with van der Waals surface area (Å²) in [6.45, 7) is 4.68. The first-order chi connectivity index (χ1) is 11.1. The van der Waals surface area contributed by atoms with Gasteiger partial charge >= 0.3 is 0 Å². The van der Waals surface area contributed by atoms with E-state index in [1.54, 1.807) is 38.1 Å². The van der Waals surface area contributed by atoms with Gasteiger partial charge in [0.2, 0.25) is 5.72 Å². The Balaban J connectivity index is 2.44. The van der Waals surface area contributed by atoms with Gasteiger partial charge in [0, 0.05) is 12.3 Å². The van der Waals surface area contributed by atoms with Crippen LogP contribution in [0.4, 0.5) is 0 Å². The molecule has 0 radical (unpaired) electrons. The molecule has 1 aliphatic heterocycles. The van der Waals surface area contributed by atoms with Crippen LogP contribution in [0.5, 0.6) is 5.75 Å². The van der Waals surface area contributed by atoms with Crippen molar-refractivity contribution in [2.45, 2.75) is 37.7 Å². The molecule has 0 bridgehead atoms. The lowest BCUT2D eigenvalue weighted by Gasteiger charge is -2.54. The van der Waals surface area contributed by atoms with Crippen molar-refractivity contribution in [3.8, 4) is 11.8 Å².